The monoisotopic (exact) mass is 458 g/mol. The van der Waals surface area contributed by atoms with E-state index >= 15 is 0 Å². The van der Waals surface area contributed by atoms with Crippen molar-refractivity contribution in [3.8, 4) is 0 Å². The van der Waals surface area contributed by atoms with Gasteiger partial charge in [0.1, 0.15) is 0 Å². The summed E-state index contributed by atoms with van der Waals surface area (Å²) < 4.78 is 0. The lowest BCUT2D eigenvalue weighted by Gasteiger charge is -2.19. The molecule has 0 saturated carbocycles. The molecule has 0 aliphatic rings. The fourth-order valence-electron chi connectivity index (χ4n) is 4.13. The van der Waals surface area contributed by atoms with Crippen LogP contribution in [-0.4, -0.2) is 17.3 Å². The van der Waals surface area contributed by atoms with Crippen LogP contribution >= 0.6 is 0 Å². The molecule has 35 heavy (non-hydrogen) atoms. The van der Waals surface area contributed by atoms with Crippen molar-refractivity contribution in [2.24, 2.45) is 0 Å². The Hall–Kier alpha value is -4.37. The molecule has 0 bridgehead atoms. The number of carbonyl (C=O) groups excluding carboxylic acids is 3. The Morgan fingerprint density at radius 1 is 0.343 bits per heavy atom. The second kappa shape index (κ2) is 10.3. The predicted molar refractivity (Wildman–Crippen MR) is 141 cm³/mol. The van der Waals surface area contributed by atoms with Gasteiger partial charge in [-0.1, -0.05) is 103 Å². The van der Waals surface area contributed by atoms with Gasteiger partial charge in [0.25, 0.3) is 0 Å². The van der Waals surface area contributed by atoms with Gasteiger partial charge in [0, 0.05) is 16.7 Å². The highest BCUT2D eigenvalue weighted by atomic mass is 16.1. The van der Waals surface area contributed by atoms with Crippen molar-refractivity contribution in [1.29, 1.82) is 0 Å². The first-order chi connectivity index (χ1) is 16.8. The third-order valence-electron chi connectivity index (χ3n) is 6.05. The third kappa shape index (κ3) is 5.25. The molecule has 0 spiro atoms. The first-order valence-corrected chi connectivity index (χ1v) is 11.5. The van der Waals surface area contributed by atoms with Crippen LogP contribution in [0.2, 0.25) is 0 Å². The first-order valence-electron chi connectivity index (χ1n) is 11.5. The summed E-state index contributed by atoms with van der Waals surface area (Å²) in [5, 5.41) is 0. The number of hydrogen-bond donors (Lipinski definition) is 0. The highest BCUT2D eigenvalue weighted by Gasteiger charge is 2.17. The molecular weight excluding hydrogens is 432 g/mol. The molecule has 0 unspecified atom stereocenters. The van der Waals surface area contributed by atoms with Crippen LogP contribution in [0.15, 0.2) is 103 Å². The summed E-state index contributed by atoms with van der Waals surface area (Å²) in [6.45, 7) is 4.66. The van der Waals surface area contributed by atoms with Crippen LogP contribution in [0.5, 0.6) is 0 Å². The summed E-state index contributed by atoms with van der Waals surface area (Å²) in [7, 11) is 0. The van der Waals surface area contributed by atoms with Crippen molar-refractivity contribution in [2.75, 3.05) is 0 Å². The molecule has 0 atom stereocenters. The zero-order valence-corrected chi connectivity index (χ0v) is 20.0. The van der Waals surface area contributed by atoms with Crippen LogP contribution < -0.4 is 0 Å². The molecule has 172 valence electrons. The molecule has 0 aliphatic heterocycles. The molecule has 0 radical (unpaired) electrons. The van der Waals surface area contributed by atoms with Crippen molar-refractivity contribution >= 4 is 28.5 Å². The quantitative estimate of drug-likeness (QED) is 0.216. The molecule has 0 amide bonds. The number of rotatable bonds is 7. The standard InChI is InChI=1S/C32H26O3/c1-21(33)24-9-15-28(16-10-24)31(27-7-5-4-6-8-27)32(29-17-11-25(12-18-29)22(2)34)30-19-13-26(14-20-30)23(3)35/h4-20H,1-3H3. The molecule has 0 heterocycles. The molecule has 4 rings (SSSR count). The molecular formula is C32H26O3. The second-order valence-electron chi connectivity index (χ2n) is 8.52. The van der Waals surface area contributed by atoms with Gasteiger partial charge in [-0.2, -0.15) is 0 Å². The number of ketones is 3. The number of hydrogen-bond acceptors (Lipinski definition) is 3. The van der Waals surface area contributed by atoms with Crippen LogP contribution in [0.25, 0.3) is 11.1 Å². The van der Waals surface area contributed by atoms with E-state index < -0.39 is 0 Å². The van der Waals surface area contributed by atoms with E-state index in [0.29, 0.717) is 16.7 Å². The number of benzene rings is 4. The Morgan fingerprint density at radius 3 is 0.829 bits per heavy atom. The lowest BCUT2D eigenvalue weighted by Crippen LogP contribution is -2.00. The van der Waals surface area contributed by atoms with Gasteiger partial charge in [0.15, 0.2) is 17.3 Å². The van der Waals surface area contributed by atoms with E-state index in [4.69, 9.17) is 0 Å². The molecule has 3 nitrogen and oxygen atoms in total. The molecule has 4 aromatic carbocycles. The Kier molecular flexibility index (Phi) is 6.98. The Balaban J connectivity index is 2.04. The highest BCUT2D eigenvalue weighted by Crippen LogP contribution is 2.37. The van der Waals surface area contributed by atoms with E-state index in [9.17, 15) is 14.4 Å². The first kappa shape index (κ1) is 23.8. The van der Waals surface area contributed by atoms with Crippen molar-refractivity contribution in [1.82, 2.24) is 0 Å². The molecule has 0 aliphatic carbocycles. The maximum absolute atomic E-state index is 11.9. The zero-order chi connectivity index (χ0) is 24.9. The van der Waals surface area contributed by atoms with Crippen molar-refractivity contribution < 1.29 is 14.4 Å². The van der Waals surface area contributed by atoms with Gasteiger partial charge in [-0.25, -0.2) is 0 Å². The maximum atomic E-state index is 11.9. The topological polar surface area (TPSA) is 51.2 Å². The number of Topliss-reactive ketones (excluding diaryl/α,β-unsaturated/α-hetero) is 3. The summed E-state index contributed by atoms with van der Waals surface area (Å²) in [6, 6.07) is 32.9. The van der Waals surface area contributed by atoms with Gasteiger partial charge < -0.3 is 0 Å². The van der Waals surface area contributed by atoms with Crippen LogP contribution in [0.1, 0.15) is 74.1 Å². The molecule has 3 heteroatoms. The SMILES string of the molecule is CC(=O)c1ccc(C(=C(c2ccc(C(C)=O)cc2)c2ccc(C(C)=O)cc2)c2ccccc2)cc1. The van der Waals surface area contributed by atoms with E-state index in [0.717, 1.165) is 33.4 Å². The lowest BCUT2D eigenvalue weighted by molar-refractivity contribution is 0.100. The lowest BCUT2D eigenvalue weighted by atomic mass is 9.85. The van der Waals surface area contributed by atoms with E-state index in [1.54, 1.807) is 20.8 Å². The van der Waals surface area contributed by atoms with Gasteiger partial charge in [0.2, 0.25) is 0 Å². The minimum absolute atomic E-state index is 0.0102. The van der Waals surface area contributed by atoms with E-state index in [-0.39, 0.29) is 17.3 Å². The van der Waals surface area contributed by atoms with E-state index in [2.05, 4.69) is 12.1 Å². The highest BCUT2D eigenvalue weighted by molar-refractivity contribution is 6.06. The second-order valence-corrected chi connectivity index (χ2v) is 8.52. The summed E-state index contributed by atoms with van der Waals surface area (Å²) in [5.74, 6) is 0.0358. The van der Waals surface area contributed by atoms with Crippen LogP contribution in [0.3, 0.4) is 0 Å². The zero-order valence-electron chi connectivity index (χ0n) is 20.0. The fourth-order valence-corrected chi connectivity index (χ4v) is 4.13. The largest absolute Gasteiger partial charge is 0.295 e. The summed E-state index contributed by atoms with van der Waals surface area (Å²) in [5.41, 5.74) is 7.77. The summed E-state index contributed by atoms with van der Waals surface area (Å²) in [4.78, 5) is 35.7. The predicted octanol–water partition coefficient (Wildman–Crippen LogP) is 7.30. The van der Waals surface area contributed by atoms with Gasteiger partial charge in [-0.3, -0.25) is 14.4 Å². The van der Waals surface area contributed by atoms with Crippen LogP contribution in [0.4, 0.5) is 0 Å². The normalized spacial score (nSPS) is 10.5. The molecule has 4 aromatic rings. The van der Waals surface area contributed by atoms with Crippen molar-refractivity contribution in [3.05, 3.63) is 142 Å². The molecule has 0 saturated heterocycles. The number of carbonyl (C=O) groups is 3. The van der Waals surface area contributed by atoms with Crippen molar-refractivity contribution in [3.63, 3.8) is 0 Å². The summed E-state index contributed by atoms with van der Waals surface area (Å²) >= 11 is 0. The molecule has 0 N–H and O–H groups in total. The van der Waals surface area contributed by atoms with Gasteiger partial charge in [-0.15, -0.1) is 0 Å². The Bertz CT molecular complexity index is 1350. The molecule has 0 aromatic heterocycles. The Morgan fingerprint density at radius 2 is 0.571 bits per heavy atom. The van der Waals surface area contributed by atoms with Crippen LogP contribution in [-0.2, 0) is 0 Å². The fraction of sp³-hybridized carbons (Fsp3) is 0.0938. The Labute approximate surface area is 205 Å². The van der Waals surface area contributed by atoms with E-state index in [1.165, 1.54) is 0 Å². The van der Waals surface area contributed by atoms with E-state index in [1.807, 2.05) is 91.0 Å². The summed E-state index contributed by atoms with van der Waals surface area (Å²) in [6.07, 6.45) is 0. The van der Waals surface area contributed by atoms with Gasteiger partial charge >= 0.3 is 0 Å². The minimum atomic E-state index is 0.0102. The van der Waals surface area contributed by atoms with Crippen LogP contribution in [0, 0.1) is 0 Å². The third-order valence-corrected chi connectivity index (χ3v) is 6.05. The molecule has 0 fully saturated rings. The minimum Gasteiger partial charge on any atom is -0.295 e. The average Bonchev–Trinajstić information content (AvgIpc) is 2.88. The average molecular weight is 459 g/mol. The smallest absolute Gasteiger partial charge is 0.159 e. The van der Waals surface area contributed by atoms with Gasteiger partial charge in [0.05, 0.1) is 0 Å². The van der Waals surface area contributed by atoms with Gasteiger partial charge in [-0.05, 0) is 54.2 Å². The maximum Gasteiger partial charge on any atom is 0.159 e. The van der Waals surface area contributed by atoms with Crippen molar-refractivity contribution in [2.45, 2.75) is 20.8 Å².